The number of oxazole rings is 1. The molecule has 1 fully saturated rings. The van der Waals surface area contributed by atoms with E-state index in [0.29, 0.717) is 24.0 Å². The maximum Gasteiger partial charge on any atom is 0.236 e. The van der Waals surface area contributed by atoms with Crippen LogP contribution in [0.3, 0.4) is 0 Å². The average Bonchev–Trinajstić information content (AvgIpc) is 3.28. The Hall–Kier alpha value is -1.99. The summed E-state index contributed by atoms with van der Waals surface area (Å²) in [6.07, 6.45) is 4.53. The highest BCUT2D eigenvalue weighted by molar-refractivity contribution is 7.13. The molecule has 6 nitrogen and oxygen atoms in total. The van der Waals surface area contributed by atoms with Crippen molar-refractivity contribution in [2.45, 2.75) is 44.6 Å². The van der Waals surface area contributed by atoms with Crippen LogP contribution in [0.1, 0.15) is 48.9 Å². The molecule has 0 radical (unpaired) electrons. The number of nitrogens with two attached hydrogens (primary N) is 1. The van der Waals surface area contributed by atoms with E-state index in [9.17, 15) is 0 Å². The van der Waals surface area contributed by atoms with Crippen LogP contribution in [-0.2, 0) is 12.0 Å². The van der Waals surface area contributed by atoms with E-state index < -0.39 is 5.54 Å². The summed E-state index contributed by atoms with van der Waals surface area (Å²) in [5.41, 5.74) is 6.76. The SMILES string of the molecule is Cc1oc(-c2cccs2)nc1Cc1nc(C2(N)CCCC2)no1. The van der Waals surface area contributed by atoms with Crippen LogP contribution in [0.4, 0.5) is 0 Å². The van der Waals surface area contributed by atoms with Gasteiger partial charge >= 0.3 is 0 Å². The molecule has 0 atom stereocenters. The second kappa shape index (κ2) is 5.58. The Morgan fingerprint density at radius 3 is 2.87 bits per heavy atom. The first-order valence-corrected chi connectivity index (χ1v) is 8.64. The van der Waals surface area contributed by atoms with Crippen LogP contribution >= 0.6 is 11.3 Å². The first kappa shape index (κ1) is 14.6. The van der Waals surface area contributed by atoms with Crippen LogP contribution in [0, 0.1) is 6.92 Å². The number of aryl methyl sites for hydroxylation is 1. The lowest BCUT2D eigenvalue weighted by Crippen LogP contribution is -2.34. The van der Waals surface area contributed by atoms with Crippen LogP contribution in [0.5, 0.6) is 0 Å². The Labute approximate surface area is 137 Å². The van der Waals surface area contributed by atoms with Gasteiger partial charge in [0, 0.05) is 0 Å². The van der Waals surface area contributed by atoms with Crippen LogP contribution in [-0.4, -0.2) is 15.1 Å². The quantitative estimate of drug-likeness (QED) is 0.788. The summed E-state index contributed by atoms with van der Waals surface area (Å²) in [7, 11) is 0. The van der Waals surface area contributed by atoms with Crippen molar-refractivity contribution >= 4 is 11.3 Å². The first-order valence-electron chi connectivity index (χ1n) is 7.76. The fourth-order valence-corrected chi connectivity index (χ4v) is 3.65. The fourth-order valence-electron chi connectivity index (χ4n) is 3.00. The van der Waals surface area contributed by atoms with Crippen molar-refractivity contribution in [1.29, 1.82) is 0 Å². The molecule has 3 aromatic heterocycles. The van der Waals surface area contributed by atoms with Crippen molar-refractivity contribution < 1.29 is 8.94 Å². The van der Waals surface area contributed by atoms with Crippen molar-refractivity contribution in [3.63, 3.8) is 0 Å². The van der Waals surface area contributed by atoms with E-state index in [-0.39, 0.29) is 0 Å². The second-order valence-corrected chi connectivity index (χ2v) is 7.00. The zero-order valence-electron chi connectivity index (χ0n) is 12.9. The van der Waals surface area contributed by atoms with E-state index in [0.717, 1.165) is 42.0 Å². The molecule has 1 aliphatic rings. The zero-order chi connectivity index (χ0) is 15.9. The zero-order valence-corrected chi connectivity index (χ0v) is 13.7. The number of rotatable bonds is 4. The molecule has 0 aromatic carbocycles. The van der Waals surface area contributed by atoms with Gasteiger partial charge in [-0.2, -0.15) is 4.98 Å². The molecule has 0 aliphatic heterocycles. The van der Waals surface area contributed by atoms with E-state index in [2.05, 4.69) is 15.1 Å². The predicted molar refractivity (Wildman–Crippen MR) is 86.0 cm³/mol. The van der Waals surface area contributed by atoms with Gasteiger partial charge in [0.25, 0.3) is 0 Å². The average molecular weight is 330 g/mol. The highest BCUT2D eigenvalue weighted by atomic mass is 32.1. The fraction of sp³-hybridized carbons (Fsp3) is 0.438. The van der Waals surface area contributed by atoms with Crippen molar-refractivity contribution in [3.05, 3.63) is 40.7 Å². The number of thiophene rings is 1. The summed E-state index contributed by atoms with van der Waals surface area (Å²) in [5, 5.41) is 6.09. The van der Waals surface area contributed by atoms with Gasteiger partial charge in [-0.15, -0.1) is 11.3 Å². The minimum absolute atomic E-state index is 0.428. The van der Waals surface area contributed by atoms with E-state index in [1.807, 2.05) is 24.4 Å². The van der Waals surface area contributed by atoms with Gasteiger partial charge in [0.2, 0.25) is 11.8 Å². The van der Waals surface area contributed by atoms with E-state index in [1.54, 1.807) is 11.3 Å². The Kier molecular flexibility index (Phi) is 3.54. The van der Waals surface area contributed by atoms with Crippen LogP contribution < -0.4 is 5.73 Å². The molecule has 1 saturated carbocycles. The lowest BCUT2D eigenvalue weighted by Gasteiger charge is -2.17. The largest absolute Gasteiger partial charge is 0.440 e. The molecule has 23 heavy (non-hydrogen) atoms. The topological polar surface area (TPSA) is 91.0 Å². The van der Waals surface area contributed by atoms with E-state index >= 15 is 0 Å². The monoisotopic (exact) mass is 330 g/mol. The van der Waals surface area contributed by atoms with Crippen molar-refractivity contribution in [2.75, 3.05) is 0 Å². The summed E-state index contributed by atoms with van der Waals surface area (Å²) in [6.45, 7) is 1.90. The van der Waals surface area contributed by atoms with Crippen molar-refractivity contribution in [3.8, 4) is 10.8 Å². The van der Waals surface area contributed by atoms with Gasteiger partial charge in [0.05, 0.1) is 22.5 Å². The summed E-state index contributed by atoms with van der Waals surface area (Å²) in [5.74, 6) is 2.56. The molecule has 2 N–H and O–H groups in total. The molecule has 0 bridgehead atoms. The third-order valence-electron chi connectivity index (χ3n) is 4.35. The molecular formula is C16H18N4O2S. The van der Waals surface area contributed by atoms with Crippen molar-refractivity contribution in [1.82, 2.24) is 15.1 Å². The van der Waals surface area contributed by atoms with E-state index in [1.165, 1.54) is 0 Å². The lowest BCUT2D eigenvalue weighted by molar-refractivity contribution is 0.351. The highest BCUT2D eigenvalue weighted by Gasteiger charge is 2.36. The van der Waals surface area contributed by atoms with Gasteiger partial charge in [-0.25, -0.2) is 4.98 Å². The molecule has 0 unspecified atom stereocenters. The highest BCUT2D eigenvalue weighted by Crippen LogP contribution is 2.34. The second-order valence-electron chi connectivity index (χ2n) is 6.05. The molecule has 3 heterocycles. The van der Waals surface area contributed by atoms with Gasteiger partial charge in [0.15, 0.2) is 5.82 Å². The number of hydrogen-bond acceptors (Lipinski definition) is 7. The molecule has 120 valence electrons. The van der Waals surface area contributed by atoms with E-state index in [4.69, 9.17) is 14.7 Å². The maximum absolute atomic E-state index is 6.37. The van der Waals surface area contributed by atoms with Crippen LogP contribution in [0.15, 0.2) is 26.5 Å². The lowest BCUT2D eigenvalue weighted by atomic mass is 9.99. The summed E-state index contributed by atoms with van der Waals surface area (Å²) < 4.78 is 11.1. The van der Waals surface area contributed by atoms with Gasteiger partial charge in [-0.3, -0.25) is 0 Å². The number of nitrogens with zero attached hydrogens (tertiary/aromatic N) is 3. The summed E-state index contributed by atoms with van der Waals surface area (Å²) in [6, 6.07) is 3.97. The summed E-state index contributed by atoms with van der Waals surface area (Å²) in [4.78, 5) is 10.1. The third-order valence-corrected chi connectivity index (χ3v) is 5.21. The Morgan fingerprint density at radius 2 is 2.13 bits per heavy atom. The van der Waals surface area contributed by atoms with Crippen LogP contribution in [0.25, 0.3) is 10.8 Å². The molecule has 0 spiro atoms. The molecule has 4 rings (SSSR count). The minimum atomic E-state index is -0.428. The minimum Gasteiger partial charge on any atom is -0.440 e. The van der Waals surface area contributed by atoms with Gasteiger partial charge in [-0.1, -0.05) is 24.1 Å². The predicted octanol–water partition coefficient (Wildman–Crippen LogP) is 3.41. The first-order chi connectivity index (χ1) is 11.1. The third kappa shape index (κ3) is 2.70. The Morgan fingerprint density at radius 1 is 1.30 bits per heavy atom. The van der Waals surface area contributed by atoms with Gasteiger partial charge < -0.3 is 14.7 Å². The Bertz CT molecular complexity index is 800. The number of hydrogen-bond donors (Lipinski definition) is 1. The van der Waals surface area contributed by atoms with Crippen molar-refractivity contribution in [2.24, 2.45) is 5.73 Å². The molecule has 0 amide bonds. The molecule has 7 heteroatoms. The van der Waals surface area contributed by atoms with Gasteiger partial charge in [0.1, 0.15) is 5.76 Å². The molecule has 0 saturated heterocycles. The standard InChI is InChI=1S/C16H18N4O2S/c1-10-11(18-14(21-10)12-5-4-8-23-12)9-13-19-15(20-22-13)16(17)6-2-3-7-16/h4-5,8H,2-3,6-7,9,17H2,1H3. The molecule has 3 aromatic rings. The number of aromatic nitrogens is 3. The van der Waals surface area contributed by atoms with Crippen LogP contribution in [0.2, 0.25) is 0 Å². The molecule has 1 aliphatic carbocycles. The summed E-state index contributed by atoms with van der Waals surface area (Å²) >= 11 is 1.60. The van der Waals surface area contributed by atoms with Gasteiger partial charge in [-0.05, 0) is 31.2 Å². The maximum atomic E-state index is 6.37. The molecular weight excluding hydrogens is 312 g/mol. The smallest absolute Gasteiger partial charge is 0.236 e. The Balaban J connectivity index is 1.56. The normalized spacial score (nSPS) is 17.0.